The molecule has 0 atom stereocenters. The third-order valence-corrected chi connectivity index (χ3v) is 14.4. The van der Waals surface area contributed by atoms with E-state index < -0.39 is 0 Å². The number of unbranched alkanes of at least 4 members (excludes halogenated alkanes) is 15. The summed E-state index contributed by atoms with van der Waals surface area (Å²) in [5.41, 5.74) is 4.43. The summed E-state index contributed by atoms with van der Waals surface area (Å²) < 4.78 is 0. The Bertz CT molecular complexity index is 1490. The van der Waals surface area contributed by atoms with Crippen molar-refractivity contribution >= 4 is 45.8 Å². The minimum Gasteiger partial charge on any atom is -0.396 e. The van der Waals surface area contributed by atoms with Gasteiger partial charge in [-0.15, -0.1) is 34.0 Å². The topological polar surface area (TPSA) is 57.6 Å². The number of aliphatic hydroxyl groups excluding tert-OH is 1. The van der Waals surface area contributed by atoms with Crippen LogP contribution in [0.15, 0.2) is 12.1 Å². The summed E-state index contributed by atoms with van der Waals surface area (Å²) in [5, 5.41) is 9.02. The standard InChI is InChI=1S/C41H59NO3S3/c1-5-7-9-11-15-19-23-41(24-20-16-12-10-8-6-2)31-27-29(3)46-36(31)37-32(41)28-33(48-37)38-35-34(30(4)47-38)39(44)42(40(35)45)25-21-17-13-14-18-22-26-43/h27-28,43H,5-26H2,1-4H3. The lowest BCUT2D eigenvalue weighted by Gasteiger charge is -2.31. The van der Waals surface area contributed by atoms with Crippen LogP contribution in [0, 0.1) is 13.8 Å². The lowest BCUT2D eigenvalue weighted by Crippen LogP contribution is -2.31. The molecule has 1 aliphatic heterocycles. The molecule has 3 aromatic heterocycles. The summed E-state index contributed by atoms with van der Waals surface area (Å²) in [7, 11) is 0. The molecule has 2 aliphatic rings. The van der Waals surface area contributed by atoms with E-state index >= 15 is 0 Å². The Hall–Kier alpha value is -1.80. The van der Waals surface area contributed by atoms with Crippen LogP contribution < -0.4 is 0 Å². The molecule has 0 fully saturated rings. The summed E-state index contributed by atoms with van der Waals surface area (Å²) in [5.74, 6) is -0.197. The minimum atomic E-state index is -0.101. The zero-order valence-electron chi connectivity index (χ0n) is 30.1. The van der Waals surface area contributed by atoms with Crippen LogP contribution in [-0.4, -0.2) is 35.0 Å². The molecule has 1 N–H and O–H groups in total. The predicted molar refractivity (Wildman–Crippen MR) is 207 cm³/mol. The average Bonchev–Trinajstić information content (AvgIpc) is 3.86. The quantitative estimate of drug-likeness (QED) is 0.0787. The number of carbonyl (C=O) groups is 2. The Morgan fingerprint density at radius 2 is 1.12 bits per heavy atom. The van der Waals surface area contributed by atoms with E-state index in [9.17, 15) is 9.59 Å². The van der Waals surface area contributed by atoms with E-state index in [2.05, 4.69) is 32.9 Å². The molecule has 1 aliphatic carbocycles. The molecule has 0 saturated heterocycles. The van der Waals surface area contributed by atoms with Crippen LogP contribution in [0.4, 0.5) is 0 Å². The molecular formula is C41H59NO3S3. The van der Waals surface area contributed by atoms with Gasteiger partial charge in [-0.25, -0.2) is 0 Å². The van der Waals surface area contributed by atoms with Crippen molar-refractivity contribution in [1.29, 1.82) is 0 Å². The molecule has 48 heavy (non-hydrogen) atoms. The second kappa shape index (κ2) is 17.9. The Morgan fingerprint density at radius 1 is 0.604 bits per heavy atom. The molecule has 5 rings (SSSR count). The van der Waals surface area contributed by atoms with Crippen molar-refractivity contribution in [2.75, 3.05) is 13.2 Å². The number of hydrogen-bond acceptors (Lipinski definition) is 6. The minimum absolute atomic E-state index is 0.0538. The van der Waals surface area contributed by atoms with Gasteiger partial charge in [-0.1, -0.05) is 117 Å². The first-order valence-corrected chi connectivity index (χ1v) is 21.7. The van der Waals surface area contributed by atoms with Crippen LogP contribution >= 0.6 is 34.0 Å². The molecule has 0 spiro atoms. The van der Waals surface area contributed by atoms with Crippen LogP contribution in [0.1, 0.15) is 184 Å². The highest BCUT2D eigenvalue weighted by Gasteiger charge is 2.46. The van der Waals surface area contributed by atoms with E-state index in [1.54, 1.807) is 16.9 Å². The first-order valence-electron chi connectivity index (χ1n) is 19.2. The van der Waals surface area contributed by atoms with Crippen LogP contribution in [0.25, 0.3) is 19.5 Å². The van der Waals surface area contributed by atoms with Crippen LogP contribution in [0.2, 0.25) is 0 Å². The molecule has 7 heteroatoms. The number of aryl methyl sites for hydroxylation is 2. The average molecular weight is 710 g/mol. The van der Waals surface area contributed by atoms with E-state index in [1.807, 2.05) is 29.6 Å². The van der Waals surface area contributed by atoms with Gasteiger partial charge in [0, 0.05) is 43.0 Å². The molecule has 264 valence electrons. The number of aliphatic hydroxyl groups is 1. The Labute approximate surface area is 302 Å². The third-order valence-electron chi connectivity index (χ3n) is 10.8. The maximum Gasteiger partial charge on any atom is 0.263 e. The second-order valence-corrected chi connectivity index (χ2v) is 17.9. The Kier molecular flexibility index (Phi) is 14.0. The summed E-state index contributed by atoms with van der Waals surface area (Å²) in [6, 6.07) is 4.95. The number of rotatable bonds is 23. The van der Waals surface area contributed by atoms with Crippen molar-refractivity contribution in [3.63, 3.8) is 0 Å². The summed E-state index contributed by atoms with van der Waals surface area (Å²) in [4.78, 5) is 36.5. The van der Waals surface area contributed by atoms with E-state index in [1.165, 1.54) is 120 Å². The van der Waals surface area contributed by atoms with Crippen molar-refractivity contribution in [1.82, 2.24) is 4.90 Å². The van der Waals surface area contributed by atoms with Crippen LogP contribution in [0.5, 0.6) is 0 Å². The highest BCUT2D eigenvalue weighted by Crippen LogP contribution is 2.61. The lowest BCUT2D eigenvalue weighted by molar-refractivity contribution is 0.0651. The summed E-state index contributed by atoms with van der Waals surface area (Å²) in [6.45, 7) is 9.61. The molecule has 0 radical (unpaired) electrons. The highest BCUT2D eigenvalue weighted by atomic mass is 32.1. The Morgan fingerprint density at radius 3 is 1.75 bits per heavy atom. The van der Waals surface area contributed by atoms with Gasteiger partial charge in [0.05, 0.1) is 16.0 Å². The first-order chi connectivity index (χ1) is 23.4. The van der Waals surface area contributed by atoms with Gasteiger partial charge in [0.2, 0.25) is 0 Å². The van der Waals surface area contributed by atoms with Crippen LogP contribution in [-0.2, 0) is 5.41 Å². The molecule has 0 bridgehead atoms. The SMILES string of the molecule is CCCCCCCCC1(CCCCCCCC)c2cc(C)sc2-c2sc(-c3sc(C)c4c3C(=O)N(CCCCCCCCO)C4=O)cc21. The van der Waals surface area contributed by atoms with Gasteiger partial charge >= 0.3 is 0 Å². The zero-order valence-corrected chi connectivity index (χ0v) is 32.6. The van der Waals surface area contributed by atoms with E-state index in [0.29, 0.717) is 17.7 Å². The number of hydrogen-bond donors (Lipinski definition) is 1. The van der Waals surface area contributed by atoms with E-state index in [4.69, 9.17) is 5.11 Å². The molecule has 4 heterocycles. The molecule has 0 aromatic carbocycles. The number of imide groups is 1. The first kappa shape index (κ1) is 37.5. The fourth-order valence-electron chi connectivity index (χ4n) is 8.12. The van der Waals surface area contributed by atoms with Gasteiger partial charge in [0.1, 0.15) is 0 Å². The fourth-order valence-corrected chi connectivity index (χ4v) is 11.9. The lowest BCUT2D eigenvalue weighted by atomic mass is 9.71. The third kappa shape index (κ3) is 8.05. The van der Waals surface area contributed by atoms with Gasteiger partial charge in [0.25, 0.3) is 11.8 Å². The molecule has 2 amide bonds. The molecule has 4 nitrogen and oxygen atoms in total. The van der Waals surface area contributed by atoms with Crippen LogP contribution in [0.3, 0.4) is 0 Å². The molecule has 0 unspecified atom stereocenters. The van der Waals surface area contributed by atoms with Crippen molar-refractivity contribution in [2.24, 2.45) is 0 Å². The summed E-state index contributed by atoms with van der Waals surface area (Å²) in [6.07, 6.45) is 24.0. The van der Waals surface area contributed by atoms with Gasteiger partial charge in [-0.3, -0.25) is 14.5 Å². The van der Waals surface area contributed by atoms with Gasteiger partial charge in [-0.05, 0) is 62.8 Å². The van der Waals surface area contributed by atoms with Gasteiger partial charge in [-0.2, -0.15) is 0 Å². The van der Waals surface area contributed by atoms with Crippen molar-refractivity contribution in [2.45, 2.75) is 162 Å². The van der Waals surface area contributed by atoms with E-state index in [-0.39, 0.29) is 23.8 Å². The predicted octanol–water partition coefficient (Wildman–Crippen LogP) is 12.9. The largest absolute Gasteiger partial charge is 0.396 e. The normalized spacial score (nSPS) is 14.7. The molecular weight excluding hydrogens is 651 g/mol. The molecule has 3 aromatic rings. The highest BCUT2D eigenvalue weighted by molar-refractivity contribution is 7.27. The molecule has 0 saturated carbocycles. The van der Waals surface area contributed by atoms with Crippen molar-refractivity contribution < 1.29 is 14.7 Å². The number of carbonyl (C=O) groups excluding carboxylic acids is 2. The second-order valence-electron chi connectivity index (χ2n) is 14.4. The van der Waals surface area contributed by atoms with Gasteiger partial charge in [0.15, 0.2) is 0 Å². The number of nitrogens with zero attached hydrogens (tertiary/aromatic N) is 1. The summed E-state index contributed by atoms with van der Waals surface area (Å²) >= 11 is 5.47. The number of thiophene rings is 3. The van der Waals surface area contributed by atoms with E-state index in [0.717, 1.165) is 48.3 Å². The smallest absolute Gasteiger partial charge is 0.263 e. The van der Waals surface area contributed by atoms with Crippen molar-refractivity contribution in [3.8, 4) is 19.5 Å². The zero-order chi connectivity index (χ0) is 34.1. The fraction of sp³-hybridized carbons (Fsp3) is 0.659. The number of fused-ring (bicyclic) bond motifs is 4. The maximum atomic E-state index is 13.9. The Balaban J connectivity index is 1.40. The monoisotopic (exact) mass is 709 g/mol. The van der Waals surface area contributed by atoms with Gasteiger partial charge < -0.3 is 5.11 Å². The number of amides is 2. The maximum absolute atomic E-state index is 13.9. The van der Waals surface area contributed by atoms with Crippen molar-refractivity contribution in [3.05, 3.63) is 44.1 Å².